The van der Waals surface area contributed by atoms with E-state index < -0.39 is 5.97 Å². The average Bonchev–Trinajstić information content (AvgIpc) is 2.87. The Bertz CT molecular complexity index is 967. The molecule has 3 aromatic rings. The smallest absolute Gasteiger partial charge is 0.354 e. The molecule has 0 saturated heterocycles. The minimum absolute atomic E-state index is 0.118. The number of carboxylic acids is 1. The van der Waals surface area contributed by atoms with Gasteiger partial charge in [0.05, 0.1) is 17.3 Å². The normalized spacial score (nSPS) is 10.9. The first-order valence-corrected chi connectivity index (χ1v) is 8.28. The van der Waals surface area contributed by atoms with Crippen LogP contribution in [-0.4, -0.2) is 25.6 Å². The summed E-state index contributed by atoms with van der Waals surface area (Å²) >= 11 is 12.3. The van der Waals surface area contributed by atoms with E-state index in [0.717, 1.165) is 11.1 Å². The van der Waals surface area contributed by atoms with E-state index in [1.54, 1.807) is 29.8 Å². The van der Waals surface area contributed by atoms with Crippen molar-refractivity contribution in [3.63, 3.8) is 0 Å². The van der Waals surface area contributed by atoms with Gasteiger partial charge >= 0.3 is 5.97 Å². The number of carboxylic acid groups (broad SMARTS) is 1. The average molecular weight is 376 g/mol. The predicted molar refractivity (Wildman–Crippen MR) is 97.5 cm³/mol. The number of carbonyl (C=O) groups is 1. The molecule has 0 saturated carbocycles. The number of nitrogens with zero attached hydrogens (tertiary/aromatic N) is 3. The first kappa shape index (κ1) is 17.5. The van der Waals surface area contributed by atoms with E-state index in [0.29, 0.717) is 27.1 Å². The van der Waals surface area contributed by atoms with Gasteiger partial charge in [-0.3, -0.25) is 4.98 Å². The Morgan fingerprint density at radius 3 is 2.64 bits per heavy atom. The molecule has 0 unspecified atom stereocenters. The lowest BCUT2D eigenvalue weighted by molar-refractivity contribution is 0.0685. The maximum absolute atomic E-state index is 11.8. The van der Waals surface area contributed by atoms with Crippen molar-refractivity contribution in [2.75, 3.05) is 0 Å². The fourth-order valence-electron chi connectivity index (χ4n) is 2.75. The topological polar surface area (TPSA) is 68.0 Å². The van der Waals surface area contributed by atoms with E-state index in [4.69, 9.17) is 23.2 Å². The molecule has 0 bridgehead atoms. The van der Waals surface area contributed by atoms with Gasteiger partial charge in [-0.2, -0.15) is 0 Å². The van der Waals surface area contributed by atoms with Crippen LogP contribution in [0.5, 0.6) is 0 Å². The summed E-state index contributed by atoms with van der Waals surface area (Å²) in [5.74, 6) is -0.558. The van der Waals surface area contributed by atoms with Crippen molar-refractivity contribution >= 4 is 29.2 Å². The fraction of sp³-hybridized carbons (Fsp3) is 0.167. The summed E-state index contributed by atoms with van der Waals surface area (Å²) in [6, 6.07) is 7.35. The monoisotopic (exact) mass is 375 g/mol. The number of rotatable bonds is 4. The van der Waals surface area contributed by atoms with Crippen LogP contribution in [0.3, 0.4) is 0 Å². The summed E-state index contributed by atoms with van der Waals surface area (Å²) in [4.78, 5) is 20.3. The van der Waals surface area contributed by atoms with E-state index in [1.807, 2.05) is 19.1 Å². The molecule has 0 aliphatic carbocycles. The Morgan fingerprint density at radius 2 is 1.96 bits per heavy atom. The third kappa shape index (κ3) is 3.52. The van der Waals surface area contributed by atoms with Crippen molar-refractivity contribution < 1.29 is 9.90 Å². The molecule has 5 nitrogen and oxygen atoms in total. The molecule has 3 rings (SSSR count). The summed E-state index contributed by atoms with van der Waals surface area (Å²) in [5.41, 5.74) is 3.04. The van der Waals surface area contributed by atoms with Gasteiger partial charge in [0.1, 0.15) is 5.82 Å². The summed E-state index contributed by atoms with van der Waals surface area (Å²) in [5, 5.41) is 10.7. The van der Waals surface area contributed by atoms with Gasteiger partial charge in [-0.25, -0.2) is 9.78 Å². The van der Waals surface area contributed by atoms with Gasteiger partial charge in [-0.15, -0.1) is 0 Å². The van der Waals surface area contributed by atoms with Gasteiger partial charge in [-0.1, -0.05) is 40.9 Å². The number of aromatic nitrogens is 3. The number of benzene rings is 1. The second kappa shape index (κ2) is 6.86. The third-order valence-electron chi connectivity index (χ3n) is 3.84. The van der Waals surface area contributed by atoms with Crippen LogP contribution < -0.4 is 0 Å². The standard InChI is InChI=1S/C18H15Cl2N3O2/c1-10-3-4-15(20)13(5-10)9-23-16(18(24)25)11(2)22-17(23)12-6-14(19)8-21-7-12/h3-8H,9H2,1-2H3,(H,24,25). The molecule has 1 N–H and O–H groups in total. The highest BCUT2D eigenvalue weighted by Gasteiger charge is 2.22. The van der Waals surface area contributed by atoms with Gasteiger partial charge in [0.2, 0.25) is 0 Å². The van der Waals surface area contributed by atoms with Crippen LogP contribution in [0.15, 0.2) is 36.7 Å². The Balaban J connectivity index is 2.19. The van der Waals surface area contributed by atoms with Crippen molar-refractivity contribution in [1.29, 1.82) is 0 Å². The number of aromatic carboxylic acids is 1. The summed E-state index contributed by atoms with van der Waals surface area (Å²) < 4.78 is 1.63. The number of hydrogen-bond donors (Lipinski definition) is 1. The largest absolute Gasteiger partial charge is 0.477 e. The first-order chi connectivity index (χ1) is 11.9. The summed E-state index contributed by atoms with van der Waals surface area (Å²) in [7, 11) is 0. The lowest BCUT2D eigenvalue weighted by atomic mass is 10.1. The van der Waals surface area contributed by atoms with Crippen molar-refractivity contribution in [2.45, 2.75) is 20.4 Å². The summed E-state index contributed by atoms with van der Waals surface area (Å²) in [6.07, 6.45) is 3.12. The molecule has 2 aromatic heterocycles. The molecular formula is C18H15Cl2N3O2. The minimum Gasteiger partial charge on any atom is -0.477 e. The highest BCUT2D eigenvalue weighted by Crippen LogP contribution is 2.27. The number of halogens is 2. The van der Waals surface area contributed by atoms with E-state index in [9.17, 15) is 9.90 Å². The quantitative estimate of drug-likeness (QED) is 0.722. The van der Waals surface area contributed by atoms with Crippen LogP contribution in [0.4, 0.5) is 0 Å². The van der Waals surface area contributed by atoms with Crippen molar-refractivity contribution in [3.8, 4) is 11.4 Å². The zero-order valence-electron chi connectivity index (χ0n) is 13.6. The lowest BCUT2D eigenvalue weighted by Crippen LogP contribution is -2.12. The van der Waals surface area contributed by atoms with Gasteiger partial charge in [0.15, 0.2) is 5.69 Å². The molecule has 25 heavy (non-hydrogen) atoms. The molecule has 0 radical (unpaired) electrons. The predicted octanol–water partition coefficient (Wildman–Crippen LogP) is 4.62. The van der Waals surface area contributed by atoms with Crippen molar-refractivity contribution in [2.24, 2.45) is 0 Å². The molecule has 128 valence electrons. The third-order valence-corrected chi connectivity index (χ3v) is 4.41. The summed E-state index contributed by atoms with van der Waals surface area (Å²) in [6.45, 7) is 3.91. The Hall–Kier alpha value is -2.37. The molecule has 0 aliphatic heterocycles. The van der Waals surface area contributed by atoms with Crippen LogP contribution in [0.1, 0.15) is 27.3 Å². The number of imidazole rings is 1. The van der Waals surface area contributed by atoms with Crippen LogP contribution >= 0.6 is 23.2 Å². The zero-order valence-corrected chi connectivity index (χ0v) is 15.1. The molecule has 0 atom stereocenters. The Kier molecular flexibility index (Phi) is 4.79. The van der Waals surface area contributed by atoms with Crippen LogP contribution in [0, 0.1) is 13.8 Å². The molecule has 1 aromatic carbocycles. The highest BCUT2D eigenvalue weighted by atomic mass is 35.5. The van der Waals surface area contributed by atoms with E-state index >= 15 is 0 Å². The Morgan fingerprint density at radius 1 is 1.20 bits per heavy atom. The molecule has 7 heteroatoms. The Labute approximate surface area is 154 Å². The SMILES string of the molecule is Cc1ccc(Cl)c(Cn2c(-c3cncc(Cl)c3)nc(C)c2C(=O)O)c1. The van der Waals surface area contributed by atoms with Gasteiger partial charge in [0.25, 0.3) is 0 Å². The lowest BCUT2D eigenvalue weighted by Gasteiger charge is -2.12. The van der Waals surface area contributed by atoms with Gasteiger partial charge in [-0.05, 0) is 31.5 Å². The number of pyridine rings is 1. The molecule has 2 heterocycles. The fourth-order valence-corrected chi connectivity index (χ4v) is 3.10. The van der Waals surface area contributed by atoms with E-state index in [2.05, 4.69) is 9.97 Å². The minimum atomic E-state index is -1.05. The number of hydrogen-bond acceptors (Lipinski definition) is 3. The molecule has 0 spiro atoms. The van der Waals surface area contributed by atoms with Crippen molar-refractivity contribution in [3.05, 3.63) is 69.2 Å². The molecular weight excluding hydrogens is 361 g/mol. The van der Waals surface area contributed by atoms with E-state index in [-0.39, 0.29) is 12.2 Å². The molecule has 0 fully saturated rings. The molecule has 0 aliphatic rings. The van der Waals surface area contributed by atoms with Crippen molar-refractivity contribution in [1.82, 2.24) is 14.5 Å². The second-order valence-corrected chi connectivity index (χ2v) is 6.59. The van der Waals surface area contributed by atoms with Gasteiger partial charge in [0, 0.05) is 23.0 Å². The maximum atomic E-state index is 11.8. The van der Waals surface area contributed by atoms with Crippen LogP contribution in [0.25, 0.3) is 11.4 Å². The zero-order chi connectivity index (χ0) is 18.1. The highest BCUT2D eigenvalue weighted by molar-refractivity contribution is 6.31. The first-order valence-electron chi connectivity index (χ1n) is 7.53. The van der Waals surface area contributed by atoms with Gasteiger partial charge < -0.3 is 9.67 Å². The van der Waals surface area contributed by atoms with Crippen LogP contribution in [0.2, 0.25) is 10.0 Å². The van der Waals surface area contributed by atoms with E-state index in [1.165, 1.54) is 6.20 Å². The second-order valence-electron chi connectivity index (χ2n) is 5.75. The maximum Gasteiger partial charge on any atom is 0.354 e. The molecule has 0 amide bonds. The number of aryl methyl sites for hydroxylation is 2. The van der Waals surface area contributed by atoms with Crippen LogP contribution in [-0.2, 0) is 6.54 Å².